The first kappa shape index (κ1) is 16.6. The summed E-state index contributed by atoms with van der Waals surface area (Å²) in [5, 5.41) is 2.57. The van der Waals surface area contributed by atoms with E-state index in [4.69, 9.17) is 0 Å². The molecule has 6 nitrogen and oxygen atoms in total. The molecule has 2 aromatic heterocycles. The van der Waals surface area contributed by atoms with Crippen molar-refractivity contribution in [3.8, 4) is 0 Å². The maximum atomic E-state index is 12.4. The number of aromatic nitrogens is 3. The Hall–Kier alpha value is -2.89. The van der Waals surface area contributed by atoms with Gasteiger partial charge < -0.3 is 10.3 Å². The van der Waals surface area contributed by atoms with Crippen LogP contribution < -0.4 is 10.9 Å². The largest absolute Gasteiger partial charge is 0.356 e. The average Bonchev–Trinajstić information content (AvgIpc) is 3.13. The smallest absolute Gasteiger partial charge is 0.274 e. The number of aromatic amines is 1. The molecular formula is C20H22N4O2. The molecule has 0 radical (unpaired) electrons. The first-order valence-electron chi connectivity index (χ1n) is 9.10. The number of nitrogens with one attached hydrogen (secondary N) is 2. The van der Waals surface area contributed by atoms with Gasteiger partial charge in [-0.05, 0) is 36.6 Å². The lowest BCUT2D eigenvalue weighted by Gasteiger charge is -2.21. The van der Waals surface area contributed by atoms with Crippen LogP contribution in [0.4, 0.5) is 0 Å². The quantitative estimate of drug-likeness (QED) is 0.713. The van der Waals surface area contributed by atoms with Crippen molar-refractivity contribution in [1.82, 2.24) is 19.7 Å². The number of H-pyrrole nitrogens is 1. The minimum Gasteiger partial charge on any atom is -0.356 e. The number of fused-ring (bicyclic) bond motifs is 3. The van der Waals surface area contributed by atoms with E-state index >= 15 is 0 Å². The van der Waals surface area contributed by atoms with Crippen LogP contribution in [0.3, 0.4) is 0 Å². The molecule has 0 unspecified atom stereocenters. The maximum Gasteiger partial charge on any atom is 0.274 e. The van der Waals surface area contributed by atoms with Gasteiger partial charge in [-0.25, -0.2) is 4.98 Å². The van der Waals surface area contributed by atoms with E-state index in [1.807, 2.05) is 22.6 Å². The number of imidazole rings is 1. The van der Waals surface area contributed by atoms with E-state index < -0.39 is 0 Å². The number of benzene rings is 1. The van der Waals surface area contributed by atoms with Crippen LogP contribution in [0.5, 0.6) is 0 Å². The summed E-state index contributed by atoms with van der Waals surface area (Å²) in [5.41, 5.74) is 3.04. The molecule has 1 amide bonds. The molecular weight excluding hydrogens is 328 g/mol. The van der Waals surface area contributed by atoms with Crippen molar-refractivity contribution in [2.75, 3.05) is 7.05 Å². The van der Waals surface area contributed by atoms with Gasteiger partial charge in [0.05, 0.1) is 17.2 Å². The second kappa shape index (κ2) is 6.78. The van der Waals surface area contributed by atoms with Gasteiger partial charge in [0.15, 0.2) is 0 Å². The predicted octanol–water partition coefficient (Wildman–Crippen LogP) is 2.98. The van der Waals surface area contributed by atoms with E-state index in [1.54, 1.807) is 19.3 Å². The summed E-state index contributed by atoms with van der Waals surface area (Å²) in [7, 11) is 1.60. The third-order valence-corrected chi connectivity index (χ3v) is 5.18. The fourth-order valence-corrected chi connectivity index (χ4v) is 3.81. The zero-order chi connectivity index (χ0) is 18.1. The Balaban J connectivity index is 1.90. The lowest BCUT2D eigenvalue weighted by atomic mass is 9.89. The summed E-state index contributed by atoms with van der Waals surface area (Å²) in [6.07, 6.45) is 10.9. The molecule has 134 valence electrons. The van der Waals surface area contributed by atoms with Gasteiger partial charge in [0.2, 0.25) is 5.91 Å². The Kier molecular flexibility index (Phi) is 4.32. The molecule has 4 rings (SSSR count). The fourth-order valence-electron chi connectivity index (χ4n) is 3.81. The molecule has 6 heteroatoms. The summed E-state index contributed by atoms with van der Waals surface area (Å²) in [4.78, 5) is 31.4. The number of hydrogen-bond donors (Lipinski definition) is 2. The van der Waals surface area contributed by atoms with E-state index in [0.717, 1.165) is 35.3 Å². The third kappa shape index (κ3) is 2.92. The van der Waals surface area contributed by atoms with Gasteiger partial charge in [0.25, 0.3) is 5.56 Å². The van der Waals surface area contributed by atoms with Crippen molar-refractivity contribution < 1.29 is 4.79 Å². The minimum absolute atomic E-state index is 0.124. The standard InChI is InChI=1S/C20H22N4O2/c1-21-18(25)10-8-13-7-9-15-16(11-13)24-17(20(26)23-15)12-22-19(24)14-5-3-2-4-6-14/h7-12,14H,2-6H2,1H3,(H,21,25)(H,23,26)/b10-8+. The van der Waals surface area contributed by atoms with Crippen LogP contribution in [-0.4, -0.2) is 27.3 Å². The Morgan fingerprint density at radius 2 is 2.08 bits per heavy atom. The molecule has 26 heavy (non-hydrogen) atoms. The van der Waals surface area contributed by atoms with Crippen LogP contribution in [0, 0.1) is 0 Å². The average molecular weight is 350 g/mol. The summed E-state index contributed by atoms with van der Waals surface area (Å²) in [5.74, 6) is 1.21. The van der Waals surface area contributed by atoms with Crippen LogP contribution in [0.25, 0.3) is 22.6 Å². The highest BCUT2D eigenvalue weighted by Crippen LogP contribution is 2.33. The first-order valence-corrected chi connectivity index (χ1v) is 9.10. The maximum absolute atomic E-state index is 12.4. The van der Waals surface area contributed by atoms with Crippen LogP contribution in [0.1, 0.15) is 49.4 Å². The molecule has 1 aliphatic carbocycles. The number of likely N-dealkylation sites (N-methyl/N-ethyl adjacent to an activating group) is 1. The zero-order valence-electron chi connectivity index (χ0n) is 14.8. The molecule has 1 aliphatic rings. The van der Waals surface area contributed by atoms with Gasteiger partial charge in [-0.2, -0.15) is 0 Å². The molecule has 1 saturated carbocycles. The van der Waals surface area contributed by atoms with Gasteiger partial charge in [-0.15, -0.1) is 0 Å². The SMILES string of the molecule is CNC(=O)/C=C/c1ccc2[nH]c(=O)c3cnc(C4CCCCC4)n3c2c1. The van der Waals surface area contributed by atoms with E-state index in [1.165, 1.54) is 25.3 Å². The highest BCUT2D eigenvalue weighted by molar-refractivity contribution is 5.92. The second-order valence-corrected chi connectivity index (χ2v) is 6.85. The van der Waals surface area contributed by atoms with Crippen molar-refractivity contribution in [2.24, 2.45) is 0 Å². The normalized spacial score (nSPS) is 15.9. The molecule has 0 aliphatic heterocycles. The lowest BCUT2D eigenvalue weighted by molar-refractivity contribution is -0.115. The van der Waals surface area contributed by atoms with Crippen LogP contribution >= 0.6 is 0 Å². The molecule has 0 saturated heterocycles. The summed E-state index contributed by atoms with van der Waals surface area (Å²) < 4.78 is 2.00. The molecule has 3 aromatic rings. The van der Waals surface area contributed by atoms with Gasteiger partial charge in [0.1, 0.15) is 11.3 Å². The van der Waals surface area contributed by atoms with Gasteiger partial charge in [-0.1, -0.05) is 25.3 Å². The van der Waals surface area contributed by atoms with Crippen LogP contribution in [0.15, 0.2) is 35.3 Å². The Bertz CT molecular complexity index is 1050. The van der Waals surface area contributed by atoms with Crippen molar-refractivity contribution >= 4 is 28.5 Å². The molecule has 2 N–H and O–H groups in total. The topological polar surface area (TPSA) is 79.3 Å². The third-order valence-electron chi connectivity index (χ3n) is 5.18. The zero-order valence-corrected chi connectivity index (χ0v) is 14.8. The highest BCUT2D eigenvalue weighted by atomic mass is 16.1. The van der Waals surface area contributed by atoms with Gasteiger partial charge in [-0.3, -0.25) is 14.0 Å². The van der Waals surface area contributed by atoms with Crippen molar-refractivity contribution in [1.29, 1.82) is 0 Å². The number of rotatable bonds is 3. The second-order valence-electron chi connectivity index (χ2n) is 6.85. The Morgan fingerprint density at radius 1 is 1.27 bits per heavy atom. The Labute approximate surface area is 150 Å². The molecule has 1 fully saturated rings. The number of amides is 1. The van der Waals surface area contributed by atoms with E-state index in [-0.39, 0.29) is 11.5 Å². The molecule has 0 bridgehead atoms. The van der Waals surface area contributed by atoms with Crippen LogP contribution in [0.2, 0.25) is 0 Å². The Morgan fingerprint density at radius 3 is 2.85 bits per heavy atom. The molecule has 0 atom stereocenters. The number of carbonyl (C=O) groups excluding carboxylic acids is 1. The number of carbonyl (C=O) groups is 1. The van der Waals surface area contributed by atoms with Crippen molar-refractivity contribution in [3.05, 3.63) is 52.2 Å². The lowest BCUT2D eigenvalue weighted by Crippen LogP contribution is -2.14. The number of hydrogen-bond acceptors (Lipinski definition) is 3. The fraction of sp³-hybridized carbons (Fsp3) is 0.350. The predicted molar refractivity (Wildman–Crippen MR) is 102 cm³/mol. The molecule has 0 spiro atoms. The molecule has 1 aromatic carbocycles. The summed E-state index contributed by atoms with van der Waals surface area (Å²) >= 11 is 0. The van der Waals surface area contributed by atoms with E-state index in [0.29, 0.717) is 11.4 Å². The summed E-state index contributed by atoms with van der Waals surface area (Å²) in [6, 6.07) is 5.76. The minimum atomic E-state index is -0.151. The highest BCUT2D eigenvalue weighted by Gasteiger charge is 2.21. The van der Waals surface area contributed by atoms with Gasteiger partial charge in [0, 0.05) is 19.0 Å². The first-order chi connectivity index (χ1) is 12.7. The number of nitrogens with zero attached hydrogens (tertiary/aromatic N) is 2. The van der Waals surface area contributed by atoms with E-state index in [9.17, 15) is 9.59 Å². The molecule has 2 heterocycles. The van der Waals surface area contributed by atoms with Crippen molar-refractivity contribution in [3.63, 3.8) is 0 Å². The monoisotopic (exact) mass is 350 g/mol. The van der Waals surface area contributed by atoms with E-state index in [2.05, 4.69) is 15.3 Å². The van der Waals surface area contributed by atoms with Crippen molar-refractivity contribution in [2.45, 2.75) is 38.0 Å². The van der Waals surface area contributed by atoms with Gasteiger partial charge >= 0.3 is 0 Å². The summed E-state index contributed by atoms with van der Waals surface area (Å²) in [6.45, 7) is 0. The van der Waals surface area contributed by atoms with Crippen LogP contribution in [-0.2, 0) is 4.79 Å².